The summed E-state index contributed by atoms with van der Waals surface area (Å²) in [6, 6.07) is 9.75. The van der Waals surface area contributed by atoms with Crippen LogP contribution in [0.4, 0.5) is 5.13 Å². The summed E-state index contributed by atoms with van der Waals surface area (Å²) in [5.74, 6) is 0.133. The number of thioether (sulfide) groups is 1. The first kappa shape index (κ1) is 17.4. The Bertz CT molecular complexity index is 1170. The molecule has 0 aliphatic carbocycles. The fourth-order valence-corrected chi connectivity index (χ4v) is 3.69. The first-order chi connectivity index (χ1) is 13.1. The Morgan fingerprint density at radius 2 is 2.11 bits per heavy atom. The molecule has 4 rings (SSSR count). The lowest BCUT2D eigenvalue weighted by Gasteiger charge is -2.01. The van der Waals surface area contributed by atoms with Gasteiger partial charge in [-0.05, 0) is 6.92 Å². The second kappa shape index (κ2) is 7.29. The summed E-state index contributed by atoms with van der Waals surface area (Å²) < 4.78 is 1.41. The Labute approximate surface area is 160 Å². The molecule has 0 radical (unpaired) electrons. The van der Waals surface area contributed by atoms with Gasteiger partial charge in [-0.1, -0.05) is 42.1 Å². The molecule has 3 aromatic heterocycles. The minimum atomic E-state index is -0.317. The number of nitrogens with one attached hydrogen (secondary N) is 2. The van der Waals surface area contributed by atoms with Gasteiger partial charge >= 0.3 is 0 Å². The highest BCUT2D eigenvalue weighted by Crippen LogP contribution is 2.25. The van der Waals surface area contributed by atoms with Crippen molar-refractivity contribution in [1.82, 2.24) is 29.8 Å². The largest absolute Gasteiger partial charge is 0.301 e. The Kier molecular flexibility index (Phi) is 4.69. The van der Waals surface area contributed by atoms with Crippen LogP contribution in [0.15, 0.2) is 45.7 Å². The molecule has 9 nitrogen and oxygen atoms in total. The van der Waals surface area contributed by atoms with Crippen LogP contribution in [0.25, 0.3) is 17.0 Å². The molecule has 27 heavy (non-hydrogen) atoms. The van der Waals surface area contributed by atoms with Crippen molar-refractivity contribution in [3.63, 3.8) is 0 Å². The number of hydrogen-bond acceptors (Lipinski definition) is 8. The number of hydrogen-bond donors (Lipinski definition) is 2. The molecule has 136 valence electrons. The van der Waals surface area contributed by atoms with Gasteiger partial charge < -0.3 is 5.32 Å². The highest BCUT2D eigenvalue weighted by molar-refractivity contribution is 7.99. The number of anilines is 1. The molecule has 0 unspecified atom stereocenters. The average molecular weight is 399 g/mol. The van der Waals surface area contributed by atoms with Crippen LogP contribution in [0.2, 0.25) is 0 Å². The summed E-state index contributed by atoms with van der Waals surface area (Å²) in [5.41, 5.74) is 1.79. The Hall–Kier alpha value is -3.05. The number of aromatic amines is 1. The number of benzene rings is 1. The van der Waals surface area contributed by atoms with Crippen LogP contribution >= 0.6 is 23.1 Å². The van der Waals surface area contributed by atoms with Crippen molar-refractivity contribution in [2.75, 3.05) is 11.1 Å². The first-order valence-corrected chi connectivity index (χ1v) is 9.72. The van der Waals surface area contributed by atoms with Crippen LogP contribution in [0, 0.1) is 6.92 Å². The van der Waals surface area contributed by atoms with Crippen molar-refractivity contribution in [1.29, 1.82) is 0 Å². The second-order valence-electron chi connectivity index (χ2n) is 5.50. The molecule has 4 aromatic rings. The normalized spacial score (nSPS) is 11.0. The van der Waals surface area contributed by atoms with Gasteiger partial charge in [0.1, 0.15) is 5.69 Å². The SMILES string of the molecule is Cc1nn2c(SCC(=O)Nc3nc(-c4ccccc4)cs3)nnc2[nH]c1=O. The van der Waals surface area contributed by atoms with Gasteiger partial charge in [-0.15, -0.1) is 21.5 Å². The number of thiazole rings is 1. The van der Waals surface area contributed by atoms with E-state index < -0.39 is 0 Å². The molecule has 0 saturated heterocycles. The zero-order valence-electron chi connectivity index (χ0n) is 14.0. The van der Waals surface area contributed by atoms with Gasteiger partial charge in [0.05, 0.1) is 11.4 Å². The predicted octanol–water partition coefficient (Wildman–Crippen LogP) is 1.98. The van der Waals surface area contributed by atoms with E-state index in [9.17, 15) is 9.59 Å². The molecular weight excluding hydrogens is 386 g/mol. The summed E-state index contributed by atoms with van der Waals surface area (Å²) in [4.78, 5) is 30.8. The third-order valence-electron chi connectivity index (χ3n) is 3.57. The summed E-state index contributed by atoms with van der Waals surface area (Å²) in [6.07, 6.45) is 0. The molecule has 0 aliphatic heterocycles. The van der Waals surface area contributed by atoms with E-state index in [0.29, 0.717) is 16.0 Å². The van der Waals surface area contributed by atoms with E-state index in [-0.39, 0.29) is 23.0 Å². The van der Waals surface area contributed by atoms with Crippen LogP contribution in [0.1, 0.15) is 5.69 Å². The number of aromatic nitrogens is 6. The Morgan fingerprint density at radius 3 is 2.93 bits per heavy atom. The lowest BCUT2D eigenvalue weighted by Crippen LogP contribution is -2.16. The predicted molar refractivity (Wildman–Crippen MR) is 103 cm³/mol. The van der Waals surface area contributed by atoms with Gasteiger partial charge in [-0.2, -0.15) is 9.61 Å². The quantitative estimate of drug-likeness (QED) is 0.493. The van der Waals surface area contributed by atoms with Crippen molar-refractivity contribution in [3.05, 3.63) is 51.8 Å². The molecule has 1 aromatic carbocycles. The van der Waals surface area contributed by atoms with Gasteiger partial charge in [0.2, 0.25) is 11.1 Å². The lowest BCUT2D eigenvalue weighted by atomic mass is 10.2. The van der Waals surface area contributed by atoms with E-state index in [1.54, 1.807) is 6.92 Å². The third-order valence-corrected chi connectivity index (χ3v) is 5.25. The maximum absolute atomic E-state index is 12.2. The lowest BCUT2D eigenvalue weighted by molar-refractivity contribution is -0.113. The molecule has 3 heterocycles. The molecule has 2 N–H and O–H groups in total. The fourth-order valence-electron chi connectivity index (χ4n) is 2.27. The van der Waals surface area contributed by atoms with E-state index in [0.717, 1.165) is 11.3 Å². The van der Waals surface area contributed by atoms with Crippen molar-refractivity contribution in [2.24, 2.45) is 0 Å². The van der Waals surface area contributed by atoms with Crippen LogP contribution < -0.4 is 10.9 Å². The average Bonchev–Trinajstić information content (AvgIpc) is 3.28. The molecule has 0 spiro atoms. The molecular formula is C16H13N7O2S2. The molecule has 0 saturated carbocycles. The molecule has 0 bridgehead atoms. The number of amides is 1. The standard InChI is InChI=1S/C16H13N7O2S2/c1-9-13(25)19-14-20-21-16(23(14)22-9)27-8-12(24)18-15-17-11(7-26-15)10-5-3-2-4-6-10/h2-7H,8H2,1H3,(H,17,18,24)(H,19,20,25). The van der Waals surface area contributed by atoms with E-state index in [2.05, 4.69) is 30.6 Å². The van der Waals surface area contributed by atoms with Crippen molar-refractivity contribution in [2.45, 2.75) is 12.1 Å². The Balaban J connectivity index is 1.41. The Morgan fingerprint density at radius 1 is 1.30 bits per heavy atom. The summed E-state index contributed by atoms with van der Waals surface area (Å²) in [7, 11) is 0. The summed E-state index contributed by atoms with van der Waals surface area (Å²) in [5, 5.41) is 17.5. The van der Waals surface area contributed by atoms with Crippen molar-refractivity contribution >= 4 is 39.9 Å². The number of H-pyrrole nitrogens is 1. The number of rotatable bonds is 5. The summed E-state index contributed by atoms with van der Waals surface area (Å²) >= 11 is 2.54. The van der Waals surface area contributed by atoms with E-state index in [4.69, 9.17) is 0 Å². The van der Waals surface area contributed by atoms with Gasteiger partial charge in [0, 0.05) is 10.9 Å². The maximum atomic E-state index is 12.2. The van der Waals surface area contributed by atoms with Gasteiger partial charge in [-0.3, -0.25) is 14.6 Å². The minimum Gasteiger partial charge on any atom is -0.301 e. The number of carbonyl (C=O) groups excluding carboxylic acids is 1. The number of aryl methyl sites for hydroxylation is 1. The van der Waals surface area contributed by atoms with E-state index >= 15 is 0 Å². The molecule has 1 amide bonds. The van der Waals surface area contributed by atoms with Gasteiger partial charge in [-0.25, -0.2) is 4.98 Å². The van der Waals surface area contributed by atoms with Crippen LogP contribution in [-0.2, 0) is 4.79 Å². The smallest absolute Gasteiger partial charge is 0.273 e. The summed E-state index contributed by atoms with van der Waals surface area (Å²) in [6.45, 7) is 1.59. The monoisotopic (exact) mass is 399 g/mol. The fraction of sp³-hybridized carbons (Fsp3) is 0.125. The van der Waals surface area contributed by atoms with Crippen molar-refractivity contribution in [3.8, 4) is 11.3 Å². The van der Waals surface area contributed by atoms with Gasteiger partial charge in [0.15, 0.2) is 5.13 Å². The van der Waals surface area contributed by atoms with Crippen LogP contribution in [-0.4, -0.2) is 41.4 Å². The van der Waals surface area contributed by atoms with Crippen LogP contribution in [0.5, 0.6) is 0 Å². The number of carbonyl (C=O) groups is 1. The number of nitrogens with zero attached hydrogens (tertiary/aromatic N) is 5. The first-order valence-electron chi connectivity index (χ1n) is 7.86. The zero-order chi connectivity index (χ0) is 18.8. The van der Waals surface area contributed by atoms with Crippen molar-refractivity contribution < 1.29 is 4.79 Å². The van der Waals surface area contributed by atoms with Crippen LogP contribution in [0.3, 0.4) is 0 Å². The number of fused-ring (bicyclic) bond motifs is 1. The highest BCUT2D eigenvalue weighted by Gasteiger charge is 2.13. The molecule has 0 fully saturated rings. The molecule has 11 heteroatoms. The third kappa shape index (κ3) is 3.73. The maximum Gasteiger partial charge on any atom is 0.273 e. The second-order valence-corrected chi connectivity index (χ2v) is 7.30. The minimum absolute atomic E-state index is 0.112. The molecule has 0 atom stereocenters. The van der Waals surface area contributed by atoms with E-state index in [1.165, 1.54) is 27.6 Å². The zero-order valence-corrected chi connectivity index (χ0v) is 15.7. The topological polar surface area (TPSA) is 118 Å². The van der Waals surface area contributed by atoms with Gasteiger partial charge in [0.25, 0.3) is 11.3 Å². The molecule has 0 aliphatic rings. The highest BCUT2D eigenvalue weighted by atomic mass is 32.2. The van der Waals surface area contributed by atoms with E-state index in [1.807, 2.05) is 35.7 Å².